The summed E-state index contributed by atoms with van der Waals surface area (Å²) in [5.74, 6) is 0. The van der Waals surface area contributed by atoms with Crippen molar-refractivity contribution in [3.63, 3.8) is 0 Å². The third-order valence-electron chi connectivity index (χ3n) is 3.45. The van der Waals surface area contributed by atoms with E-state index < -0.39 is 0 Å². The quantitative estimate of drug-likeness (QED) is 0.701. The lowest BCUT2D eigenvalue weighted by atomic mass is 10.0. The standard InChI is InChI=1S/C11H14N2S/c1-13-9-2-3-10(13)7-8(6-9)11-12-4-5-14-11/h4-6,9-10H,2-3,7H2,1H3. The fraction of sp³-hybridized carbons (Fsp3) is 0.545. The maximum Gasteiger partial charge on any atom is 0.118 e. The van der Waals surface area contributed by atoms with Crippen LogP contribution >= 0.6 is 11.3 Å². The lowest BCUT2D eigenvalue weighted by Gasteiger charge is -2.29. The van der Waals surface area contributed by atoms with Crippen molar-refractivity contribution in [2.75, 3.05) is 7.05 Å². The maximum atomic E-state index is 4.39. The number of fused-ring (bicyclic) bond motifs is 2. The minimum atomic E-state index is 0.674. The number of likely N-dealkylation sites (N-methyl/N-ethyl adjacent to an activating group) is 1. The van der Waals surface area contributed by atoms with Crippen LogP contribution in [0.3, 0.4) is 0 Å². The minimum absolute atomic E-state index is 0.674. The average molecular weight is 206 g/mol. The van der Waals surface area contributed by atoms with Crippen LogP contribution in [0.1, 0.15) is 24.3 Å². The van der Waals surface area contributed by atoms with Gasteiger partial charge in [0.2, 0.25) is 0 Å². The Morgan fingerprint density at radius 1 is 1.50 bits per heavy atom. The Labute approximate surface area is 88.3 Å². The molecule has 0 amide bonds. The lowest BCUT2D eigenvalue weighted by Crippen LogP contribution is -2.34. The summed E-state index contributed by atoms with van der Waals surface area (Å²) in [6.45, 7) is 0. The van der Waals surface area contributed by atoms with Gasteiger partial charge in [-0.05, 0) is 31.9 Å². The van der Waals surface area contributed by atoms with Gasteiger partial charge in [-0.2, -0.15) is 0 Å². The predicted octanol–water partition coefficient (Wildman–Crippen LogP) is 2.39. The van der Waals surface area contributed by atoms with Crippen LogP contribution in [0.5, 0.6) is 0 Å². The molecule has 0 saturated carbocycles. The summed E-state index contributed by atoms with van der Waals surface area (Å²) in [6.07, 6.45) is 8.20. The van der Waals surface area contributed by atoms with E-state index in [0.29, 0.717) is 6.04 Å². The van der Waals surface area contributed by atoms with E-state index in [2.05, 4.69) is 28.4 Å². The average Bonchev–Trinajstić information content (AvgIpc) is 2.75. The number of rotatable bonds is 1. The summed E-state index contributed by atoms with van der Waals surface area (Å²) < 4.78 is 0. The van der Waals surface area contributed by atoms with E-state index in [0.717, 1.165) is 6.04 Å². The largest absolute Gasteiger partial charge is 0.297 e. The summed E-state index contributed by atoms with van der Waals surface area (Å²) in [4.78, 5) is 6.90. The molecule has 3 heterocycles. The third-order valence-corrected chi connectivity index (χ3v) is 4.30. The number of hydrogen-bond acceptors (Lipinski definition) is 3. The normalized spacial score (nSPS) is 31.9. The van der Waals surface area contributed by atoms with Crippen molar-refractivity contribution in [3.8, 4) is 0 Å². The second-order valence-corrected chi connectivity index (χ2v) is 5.09. The molecule has 3 rings (SSSR count). The molecule has 74 valence electrons. The summed E-state index contributed by atoms with van der Waals surface area (Å²) >= 11 is 1.76. The van der Waals surface area contributed by atoms with Crippen molar-refractivity contribution in [1.29, 1.82) is 0 Å². The Morgan fingerprint density at radius 2 is 2.43 bits per heavy atom. The van der Waals surface area contributed by atoms with E-state index in [-0.39, 0.29) is 0 Å². The molecule has 1 fully saturated rings. The molecule has 2 nitrogen and oxygen atoms in total. The first-order valence-corrected chi connectivity index (χ1v) is 6.05. The molecule has 2 aliphatic rings. The van der Waals surface area contributed by atoms with Gasteiger partial charge in [-0.15, -0.1) is 11.3 Å². The van der Waals surface area contributed by atoms with E-state index in [9.17, 15) is 0 Å². The predicted molar refractivity (Wildman–Crippen MR) is 59.3 cm³/mol. The van der Waals surface area contributed by atoms with Crippen LogP contribution in [0.2, 0.25) is 0 Å². The van der Waals surface area contributed by atoms with E-state index in [1.54, 1.807) is 11.3 Å². The second-order valence-electron chi connectivity index (χ2n) is 4.20. The molecule has 2 atom stereocenters. The van der Waals surface area contributed by atoms with Crippen LogP contribution in [0.4, 0.5) is 0 Å². The smallest absolute Gasteiger partial charge is 0.118 e. The van der Waals surface area contributed by atoms with Gasteiger partial charge in [0.05, 0.1) is 0 Å². The van der Waals surface area contributed by atoms with Gasteiger partial charge < -0.3 is 0 Å². The van der Waals surface area contributed by atoms with Crippen molar-refractivity contribution in [2.24, 2.45) is 0 Å². The summed E-state index contributed by atoms with van der Waals surface area (Å²) in [5.41, 5.74) is 1.48. The first-order chi connectivity index (χ1) is 6.84. The number of hydrogen-bond donors (Lipinski definition) is 0. The molecule has 2 unspecified atom stereocenters. The first kappa shape index (κ1) is 8.62. The minimum Gasteiger partial charge on any atom is -0.297 e. The molecule has 1 saturated heterocycles. The summed E-state index contributed by atoms with van der Waals surface area (Å²) in [7, 11) is 2.25. The molecule has 1 aromatic heterocycles. The first-order valence-electron chi connectivity index (χ1n) is 5.17. The van der Waals surface area contributed by atoms with Crippen LogP contribution < -0.4 is 0 Å². The highest BCUT2D eigenvalue weighted by Gasteiger charge is 2.34. The third kappa shape index (κ3) is 1.23. The van der Waals surface area contributed by atoms with Gasteiger partial charge in [0.15, 0.2) is 0 Å². The molecular formula is C11H14N2S. The summed E-state index contributed by atoms with van der Waals surface area (Å²) in [6, 6.07) is 1.44. The van der Waals surface area contributed by atoms with Crippen molar-refractivity contribution in [2.45, 2.75) is 31.3 Å². The number of nitrogens with zero attached hydrogens (tertiary/aromatic N) is 2. The molecule has 14 heavy (non-hydrogen) atoms. The molecule has 1 aromatic rings. The highest BCUT2D eigenvalue weighted by Crippen LogP contribution is 2.37. The lowest BCUT2D eigenvalue weighted by molar-refractivity contribution is 0.264. The Morgan fingerprint density at radius 3 is 3.14 bits per heavy atom. The fourth-order valence-electron chi connectivity index (χ4n) is 2.58. The van der Waals surface area contributed by atoms with E-state index >= 15 is 0 Å². The zero-order valence-corrected chi connectivity index (χ0v) is 9.13. The van der Waals surface area contributed by atoms with Crippen molar-refractivity contribution >= 4 is 16.9 Å². The number of thiazole rings is 1. The maximum absolute atomic E-state index is 4.39. The summed E-state index contributed by atoms with van der Waals surface area (Å²) in [5, 5.41) is 3.30. The second kappa shape index (κ2) is 3.17. The molecule has 0 spiro atoms. The zero-order valence-electron chi connectivity index (χ0n) is 8.31. The van der Waals surface area contributed by atoms with Gasteiger partial charge in [0.25, 0.3) is 0 Å². The van der Waals surface area contributed by atoms with Crippen LogP contribution in [0.25, 0.3) is 5.57 Å². The van der Waals surface area contributed by atoms with E-state index in [4.69, 9.17) is 0 Å². The van der Waals surface area contributed by atoms with Gasteiger partial charge in [0, 0.05) is 23.7 Å². The Hall–Kier alpha value is -0.670. The Balaban J connectivity index is 1.94. The monoisotopic (exact) mass is 206 g/mol. The molecule has 0 N–H and O–H groups in total. The van der Waals surface area contributed by atoms with Gasteiger partial charge in [-0.25, -0.2) is 4.98 Å². The zero-order chi connectivity index (χ0) is 9.54. The van der Waals surface area contributed by atoms with Crippen molar-refractivity contribution in [1.82, 2.24) is 9.88 Å². The van der Waals surface area contributed by atoms with Crippen molar-refractivity contribution < 1.29 is 0 Å². The molecular weight excluding hydrogens is 192 g/mol. The topological polar surface area (TPSA) is 16.1 Å². The van der Waals surface area contributed by atoms with Crippen LogP contribution in [0, 0.1) is 0 Å². The molecule has 0 aliphatic carbocycles. The fourth-order valence-corrected chi connectivity index (χ4v) is 3.26. The van der Waals surface area contributed by atoms with Gasteiger partial charge in [-0.1, -0.05) is 6.08 Å². The van der Waals surface area contributed by atoms with Crippen LogP contribution in [-0.4, -0.2) is 29.0 Å². The van der Waals surface area contributed by atoms with Gasteiger partial charge >= 0.3 is 0 Å². The molecule has 0 aromatic carbocycles. The molecule has 2 bridgehead atoms. The van der Waals surface area contributed by atoms with E-state index in [1.807, 2.05) is 6.20 Å². The van der Waals surface area contributed by atoms with Crippen LogP contribution in [0.15, 0.2) is 17.7 Å². The molecule has 2 aliphatic heterocycles. The SMILES string of the molecule is CN1C2C=C(c3nccs3)CC1CC2. The molecule has 0 radical (unpaired) electrons. The van der Waals surface area contributed by atoms with Crippen LogP contribution in [-0.2, 0) is 0 Å². The highest BCUT2D eigenvalue weighted by atomic mass is 32.1. The van der Waals surface area contributed by atoms with Gasteiger partial charge in [0.1, 0.15) is 5.01 Å². The molecule has 3 heteroatoms. The van der Waals surface area contributed by atoms with Crippen molar-refractivity contribution in [3.05, 3.63) is 22.7 Å². The number of aromatic nitrogens is 1. The van der Waals surface area contributed by atoms with E-state index in [1.165, 1.54) is 29.8 Å². The Bertz CT molecular complexity index is 355. The van der Waals surface area contributed by atoms with Gasteiger partial charge in [-0.3, -0.25) is 4.90 Å². The Kier molecular flexibility index (Phi) is 1.96. The highest BCUT2D eigenvalue weighted by molar-refractivity contribution is 7.10.